The Hall–Kier alpha value is -1.99. The molecule has 0 aromatic heterocycles. The van der Waals surface area contributed by atoms with E-state index in [0.717, 1.165) is 17.6 Å². The normalized spacial score (nSPS) is 47.6. The largest absolute Gasteiger partial charge is 0.460 e. The molecule has 0 saturated heterocycles. The zero-order valence-electron chi connectivity index (χ0n) is 18.9. The molecule has 4 aliphatic carbocycles. The number of cyclic esters (lactones) is 1. The number of fused-ring (bicyclic) bond motifs is 5. The molecule has 2 N–H and O–H groups in total. The van der Waals surface area contributed by atoms with E-state index in [1.165, 1.54) is 13.0 Å². The van der Waals surface area contributed by atoms with E-state index >= 15 is 0 Å². The van der Waals surface area contributed by atoms with E-state index in [1.54, 1.807) is 0 Å². The summed E-state index contributed by atoms with van der Waals surface area (Å²) in [5.74, 6) is -1.10. The maximum absolute atomic E-state index is 13.7. The number of rotatable bonds is 2. The van der Waals surface area contributed by atoms with E-state index in [2.05, 4.69) is 6.92 Å². The summed E-state index contributed by atoms with van der Waals surface area (Å²) in [5, 5.41) is 22.9. The highest BCUT2D eigenvalue weighted by molar-refractivity contribution is 5.89. The number of hydrogen-bond acceptors (Lipinski definition) is 7. The van der Waals surface area contributed by atoms with Gasteiger partial charge in [0.05, 0.1) is 11.7 Å². The standard InChI is InChI=1S/C25H32O7/c1-13(26)32-20-9-15-4-5-17-22(23(15,2)10-18(20)27)19(28)11-24(3)16(6-7-25(17,24)30)14-8-21(29)31-12-14/h6,8,15,17-18,20,22,27,30H,4-5,7,9-12H2,1-3H3/t15-,17-,18+,20-,22-,23+,24-,25+/m1/s1. The van der Waals surface area contributed by atoms with Crippen LogP contribution >= 0.6 is 0 Å². The zero-order chi connectivity index (χ0) is 23.1. The molecular formula is C25H32O7. The first-order valence-corrected chi connectivity index (χ1v) is 11.7. The van der Waals surface area contributed by atoms with Crippen molar-refractivity contribution < 1.29 is 34.1 Å². The molecule has 0 spiro atoms. The number of hydrogen-bond donors (Lipinski definition) is 2. The number of ether oxygens (including phenoxy) is 2. The number of ketones is 1. The van der Waals surface area contributed by atoms with Crippen LogP contribution in [-0.4, -0.2) is 52.4 Å². The van der Waals surface area contributed by atoms with E-state index in [0.29, 0.717) is 25.7 Å². The van der Waals surface area contributed by atoms with Crippen molar-refractivity contribution >= 4 is 17.7 Å². The smallest absolute Gasteiger partial charge is 0.331 e. The number of Topliss-reactive ketones (excluding diaryl/α,β-unsaturated/α-hetero) is 1. The van der Waals surface area contributed by atoms with Gasteiger partial charge in [-0.2, -0.15) is 0 Å². The highest BCUT2D eigenvalue weighted by atomic mass is 16.6. The Bertz CT molecular complexity index is 950. The van der Waals surface area contributed by atoms with Crippen molar-refractivity contribution in [2.45, 2.75) is 77.1 Å². The molecule has 0 bridgehead atoms. The van der Waals surface area contributed by atoms with Gasteiger partial charge in [0.25, 0.3) is 0 Å². The molecule has 7 heteroatoms. The molecule has 7 nitrogen and oxygen atoms in total. The Morgan fingerprint density at radius 1 is 1.25 bits per heavy atom. The minimum Gasteiger partial charge on any atom is -0.460 e. The van der Waals surface area contributed by atoms with Crippen molar-refractivity contribution in [3.63, 3.8) is 0 Å². The number of esters is 2. The van der Waals surface area contributed by atoms with Crippen LogP contribution in [0.2, 0.25) is 0 Å². The van der Waals surface area contributed by atoms with E-state index in [9.17, 15) is 24.6 Å². The SMILES string of the molecule is CC(=O)O[C@@H]1C[C@H]2CC[C@@H]3[C@H](C(=O)C[C@]4(C)C(C5=CC(=O)OC5)=CC[C@]34O)[C@@]2(C)C[C@@H]1O. The van der Waals surface area contributed by atoms with Gasteiger partial charge in [0.2, 0.25) is 0 Å². The Balaban J connectivity index is 1.47. The molecule has 0 aromatic carbocycles. The fourth-order valence-electron chi connectivity index (χ4n) is 7.96. The first-order chi connectivity index (χ1) is 15.0. The van der Waals surface area contributed by atoms with Crippen LogP contribution in [0.4, 0.5) is 0 Å². The molecular weight excluding hydrogens is 412 g/mol. The van der Waals surface area contributed by atoms with Gasteiger partial charge in [-0.3, -0.25) is 9.59 Å². The monoisotopic (exact) mass is 444 g/mol. The van der Waals surface area contributed by atoms with E-state index in [4.69, 9.17) is 9.47 Å². The lowest BCUT2D eigenvalue weighted by atomic mass is 9.42. The second kappa shape index (κ2) is 7.00. The Kier molecular flexibility index (Phi) is 4.78. The van der Waals surface area contributed by atoms with Crippen LogP contribution in [-0.2, 0) is 23.9 Å². The van der Waals surface area contributed by atoms with Gasteiger partial charge in [0.15, 0.2) is 0 Å². The molecule has 32 heavy (non-hydrogen) atoms. The van der Waals surface area contributed by atoms with Gasteiger partial charge >= 0.3 is 11.9 Å². The molecule has 0 amide bonds. The maximum atomic E-state index is 13.7. The van der Waals surface area contributed by atoms with E-state index in [1.807, 2.05) is 13.0 Å². The van der Waals surface area contributed by atoms with Gasteiger partial charge in [-0.05, 0) is 54.9 Å². The van der Waals surface area contributed by atoms with Crippen LogP contribution in [0.15, 0.2) is 23.3 Å². The quantitative estimate of drug-likeness (QED) is 0.629. The van der Waals surface area contributed by atoms with Crippen LogP contribution in [0.1, 0.15) is 59.3 Å². The van der Waals surface area contributed by atoms with Crippen molar-refractivity contribution in [2.75, 3.05) is 6.61 Å². The third-order valence-electron chi connectivity index (χ3n) is 9.45. The lowest BCUT2D eigenvalue weighted by Crippen LogP contribution is -2.66. The van der Waals surface area contributed by atoms with Crippen molar-refractivity contribution in [1.29, 1.82) is 0 Å². The molecule has 8 atom stereocenters. The second-order valence-corrected chi connectivity index (χ2v) is 11.0. The lowest BCUT2D eigenvalue weighted by molar-refractivity contribution is -0.210. The molecule has 1 heterocycles. The molecule has 0 aromatic rings. The van der Waals surface area contributed by atoms with Crippen LogP contribution < -0.4 is 0 Å². The summed E-state index contributed by atoms with van der Waals surface area (Å²) in [6, 6.07) is 0. The van der Waals surface area contributed by atoms with Crippen molar-refractivity contribution in [2.24, 2.45) is 28.6 Å². The van der Waals surface area contributed by atoms with Crippen molar-refractivity contribution in [3.8, 4) is 0 Å². The minimum absolute atomic E-state index is 0.117. The summed E-state index contributed by atoms with van der Waals surface area (Å²) >= 11 is 0. The Labute approximate surface area is 187 Å². The minimum atomic E-state index is -1.08. The zero-order valence-corrected chi connectivity index (χ0v) is 18.9. The van der Waals surface area contributed by atoms with Gasteiger partial charge in [0.1, 0.15) is 18.5 Å². The van der Waals surface area contributed by atoms with Gasteiger partial charge in [-0.1, -0.05) is 19.9 Å². The first kappa shape index (κ1) is 21.8. The highest BCUT2D eigenvalue weighted by Crippen LogP contribution is 2.67. The van der Waals surface area contributed by atoms with E-state index in [-0.39, 0.29) is 42.5 Å². The molecule has 3 saturated carbocycles. The van der Waals surface area contributed by atoms with Crippen LogP contribution in [0.5, 0.6) is 0 Å². The average Bonchev–Trinajstić information content (AvgIpc) is 3.22. The van der Waals surface area contributed by atoms with Crippen LogP contribution in [0, 0.1) is 28.6 Å². The number of carbonyl (C=O) groups is 3. The third-order valence-corrected chi connectivity index (χ3v) is 9.45. The molecule has 5 rings (SSSR count). The summed E-state index contributed by atoms with van der Waals surface area (Å²) in [4.78, 5) is 36.9. The lowest BCUT2D eigenvalue weighted by Gasteiger charge is -2.62. The number of aliphatic hydroxyl groups is 2. The summed E-state index contributed by atoms with van der Waals surface area (Å²) in [6.45, 7) is 5.55. The van der Waals surface area contributed by atoms with Crippen molar-refractivity contribution in [1.82, 2.24) is 0 Å². The Morgan fingerprint density at radius 2 is 2.00 bits per heavy atom. The molecule has 5 aliphatic rings. The fourth-order valence-corrected chi connectivity index (χ4v) is 7.96. The summed E-state index contributed by atoms with van der Waals surface area (Å²) in [7, 11) is 0. The van der Waals surface area contributed by atoms with Gasteiger partial charge in [-0.25, -0.2) is 4.79 Å². The highest BCUT2D eigenvalue weighted by Gasteiger charge is 2.69. The third kappa shape index (κ3) is 2.83. The van der Waals surface area contributed by atoms with Gasteiger partial charge in [0, 0.05) is 36.3 Å². The Morgan fingerprint density at radius 3 is 2.66 bits per heavy atom. The predicted molar refractivity (Wildman–Crippen MR) is 113 cm³/mol. The molecule has 174 valence electrons. The first-order valence-electron chi connectivity index (χ1n) is 11.7. The topological polar surface area (TPSA) is 110 Å². The number of aliphatic hydroxyl groups excluding tert-OH is 1. The molecule has 0 radical (unpaired) electrons. The molecule has 3 fully saturated rings. The summed E-state index contributed by atoms with van der Waals surface area (Å²) in [5.41, 5.74) is -0.678. The van der Waals surface area contributed by atoms with E-state index < -0.39 is 34.6 Å². The maximum Gasteiger partial charge on any atom is 0.331 e. The fraction of sp³-hybridized carbons (Fsp3) is 0.720. The summed E-state index contributed by atoms with van der Waals surface area (Å²) in [6.07, 6.45) is 5.19. The number of carbonyl (C=O) groups excluding carboxylic acids is 3. The molecule has 0 unspecified atom stereocenters. The van der Waals surface area contributed by atoms with Crippen LogP contribution in [0.25, 0.3) is 0 Å². The van der Waals surface area contributed by atoms with Gasteiger partial charge in [-0.15, -0.1) is 0 Å². The molecule has 1 aliphatic heterocycles. The summed E-state index contributed by atoms with van der Waals surface area (Å²) < 4.78 is 10.5. The van der Waals surface area contributed by atoms with Crippen LogP contribution in [0.3, 0.4) is 0 Å². The predicted octanol–water partition coefficient (Wildman–Crippen LogP) is 2.25. The second-order valence-electron chi connectivity index (χ2n) is 11.0. The van der Waals surface area contributed by atoms with Gasteiger partial charge < -0.3 is 19.7 Å². The van der Waals surface area contributed by atoms with Crippen molar-refractivity contribution in [3.05, 3.63) is 23.3 Å². The average molecular weight is 445 g/mol.